The molecule has 1 saturated heterocycles. The van der Waals surface area contributed by atoms with Gasteiger partial charge in [0.05, 0.1) is 17.6 Å². The fourth-order valence-electron chi connectivity index (χ4n) is 6.43. The molecule has 0 radical (unpaired) electrons. The normalized spacial score (nSPS) is 15.5. The fraction of sp³-hybridized carbons (Fsp3) is 0.344. The molecule has 6 heterocycles. The summed E-state index contributed by atoms with van der Waals surface area (Å²) >= 11 is 0. The average Bonchev–Trinajstić information content (AvgIpc) is 3.64. The molecule has 2 aliphatic heterocycles. The van der Waals surface area contributed by atoms with Crippen LogP contribution in [0.5, 0.6) is 0 Å². The molecule has 0 unspecified atom stereocenters. The lowest BCUT2D eigenvalue weighted by Gasteiger charge is -2.32. The number of nitrogens with zero attached hydrogens (tertiary/aromatic N) is 9. The first kappa shape index (κ1) is 27.7. The highest BCUT2D eigenvalue weighted by Gasteiger charge is 2.27. The maximum absolute atomic E-state index is 12.1. The molecule has 0 atom stereocenters. The first-order chi connectivity index (χ1) is 21.3. The third-order valence-corrected chi connectivity index (χ3v) is 8.89. The molecule has 5 aromatic rings. The van der Waals surface area contributed by atoms with Gasteiger partial charge in [0.15, 0.2) is 11.5 Å². The van der Waals surface area contributed by atoms with Gasteiger partial charge in [-0.25, -0.2) is 4.79 Å². The quantitative estimate of drug-likeness (QED) is 0.313. The van der Waals surface area contributed by atoms with Crippen LogP contribution in [0, 0.1) is 5.92 Å². The van der Waals surface area contributed by atoms with Gasteiger partial charge < -0.3 is 14.9 Å². The number of carboxylic acid groups (broad SMARTS) is 1. The van der Waals surface area contributed by atoms with Crippen molar-refractivity contribution in [1.82, 2.24) is 39.6 Å². The summed E-state index contributed by atoms with van der Waals surface area (Å²) in [4.78, 5) is 32.0. The van der Waals surface area contributed by atoms with Crippen molar-refractivity contribution in [3.05, 3.63) is 71.9 Å². The number of amides is 1. The zero-order valence-electron chi connectivity index (χ0n) is 24.7. The number of hydrogen-bond acceptors (Lipinski definition) is 8. The minimum atomic E-state index is -1.07. The highest BCUT2D eigenvalue weighted by molar-refractivity contribution is 5.97. The molecule has 0 spiro atoms. The smallest absolute Gasteiger partial charge is 0.356 e. The maximum atomic E-state index is 12.1. The van der Waals surface area contributed by atoms with Gasteiger partial charge in [0, 0.05) is 93.3 Å². The molecule has 0 aliphatic carbocycles. The monoisotopic (exact) mass is 591 g/mol. The first-order valence-electron chi connectivity index (χ1n) is 14.9. The van der Waals surface area contributed by atoms with Gasteiger partial charge in [-0.1, -0.05) is 18.2 Å². The van der Waals surface area contributed by atoms with E-state index in [4.69, 9.17) is 15.2 Å². The number of fused-ring (bicyclic) bond motifs is 2. The lowest BCUT2D eigenvalue weighted by atomic mass is 9.96. The first-order valence-corrected chi connectivity index (χ1v) is 14.9. The number of aromatic carboxylic acids is 1. The molecule has 224 valence electrons. The second-order valence-corrected chi connectivity index (χ2v) is 11.6. The fourth-order valence-corrected chi connectivity index (χ4v) is 6.43. The summed E-state index contributed by atoms with van der Waals surface area (Å²) in [5.74, 6) is 0.193. The maximum Gasteiger partial charge on any atom is 0.356 e. The van der Waals surface area contributed by atoms with Crippen molar-refractivity contribution in [1.29, 1.82) is 0 Å². The molecule has 7 rings (SSSR count). The van der Waals surface area contributed by atoms with Crippen molar-refractivity contribution < 1.29 is 14.7 Å². The Bertz CT molecular complexity index is 1870. The number of anilines is 1. The molecule has 0 bridgehead atoms. The van der Waals surface area contributed by atoms with E-state index in [2.05, 4.69) is 50.7 Å². The van der Waals surface area contributed by atoms with Crippen molar-refractivity contribution in [2.24, 2.45) is 13.0 Å². The molecule has 2 aliphatic rings. The minimum absolute atomic E-state index is 0.0478. The number of carbonyl (C=O) groups is 2. The third-order valence-electron chi connectivity index (χ3n) is 8.89. The van der Waals surface area contributed by atoms with Gasteiger partial charge in [0.2, 0.25) is 5.91 Å². The van der Waals surface area contributed by atoms with Crippen LogP contribution in [-0.2, 0) is 31.4 Å². The lowest BCUT2D eigenvalue weighted by Crippen LogP contribution is -2.35. The van der Waals surface area contributed by atoms with E-state index >= 15 is 0 Å². The Balaban J connectivity index is 1.06. The molecule has 12 heteroatoms. The van der Waals surface area contributed by atoms with Crippen LogP contribution in [0.15, 0.2) is 55.0 Å². The van der Waals surface area contributed by atoms with Crippen LogP contribution in [0.3, 0.4) is 0 Å². The largest absolute Gasteiger partial charge is 0.476 e. The van der Waals surface area contributed by atoms with Crippen molar-refractivity contribution >= 4 is 28.5 Å². The van der Waals surface area contributed by atoms with E-state index < -0.39 is 5.97 Å². The molecule has 0 saturated carbocycles. The van der Waals surface area contributed by atoms with E-state index in [1.54, 1.807) is 13.0 Å². The molecule has 12 nitrogen and oxygen atoms in total. The van der Waals surface area contributed by atoms with Crippen LogP contribution in [0.4, 0.5) is 5.82 Å². The van der Waals surface area contributed by atoms with Gasteiger partial charge in [0.25, 0.3) is 0 Å². The summed E-state index contributed by atoms with van der Waals surface area (Å²) in [6.45, 7) is 5.40. The minimum Gasteiger partial charge on any atom is -0.476 e. The summed E-state index contributed by atoms with van der Waals surface area (Å²) in [7, 11) is 1.98. The van der Waals surface area contributed by atoms with Gasteiger partial charge in [-0.15, -0.1) is 10.2 Å². The molecular weight excluding hydrogens is 558 g/mol. The molecule has 4 aromatic heterocycles. The van der Waals surface area contributed by atoms with Crippen LogP contribution in [-0.4, -0.2) is 76.3 Å². The van der Waals surface area contributed by atoms with Crippen molar-refractivity contribution in [3.8, 4) is 22.5 Å². The number of carboxylic acids is 1. The van der Waals surface area contributed by atoms with Crippen LogP contribution in [0.25, 0.3) is 33.3 Å². The van der Waals surface area contributed by atoms with E-state index in [1.807, 2.05) is 33.7 Å². The van der Waals surface area contributed by atoms with E-state index in [0.717, 1.165) is 77.7 Å². The Hall–Kier alpha value is -5.13. The molecule has 44 heavy (non-hydrogen) atoms. The zero-order valence-corrected chi connectivity index (χ0v) is 24.7. The summed E-state index contributed by atoms with van der Waals surface area (Å²) in [6.07, 6.45) is 8.62. The topological polar surface area (TPSA) is 135 Å². The Morgan fingerprint density at radius 3 is 2.64 bits per heavy atom. The van der Waals surface area contributed by atoms with Gasteiger partial charge >= 0.3 is 5.97 Å². The second-order valence-electron chi connectivity index (χ2n) is 11.6. The van der Waals surface area contributed by atoms with Crippen molar-refractivity contribution in [2.75, 3.05) is 24.5 Å². The zero-order chi connectivity index (χ0) is 30.4. The average molecular weight is 592 g/mol. The number of benzene rings is 1. The van der Waals surface area contributed by atoms with E-state index in [-0.39, 0.29) is 11.6 Å². The molecule has 1 amide bonds. The van der Waals surface area contributed by atoms with Crippen LogP contribution in [0.2, 0.25) is 0 Å². The summed E-state index contributed by atoms with van der Waals surface area (Å²) in [6, 6.07) is 11.6. The van der Waals surface area contributed by atoms with Crippen LogP contribution < -0.4 is 4.90 Å². The Kier molecular flexibility index (Phi) is 7.03. The second kappa shape index (κ2) is 11.2. The van der Waals surface area contributed by atoms with E-state index in [0.29, 0.717) is 24.8 Å². The molecule has 1 fully saturated rings. The Labute approximate surface area is 253 Å². The standard InChI is InChI=1S/C32H33N9O3/c1-20(42)40-13-10-29-26(19-40)31(37-38(29)2)24-5-3-4-22-14-28(33-16-25(22)24)23-15-34-41(18-23)17-21-8-11-39(12-9-21)30-7-6-27(32(43)44)35-36-30/h3-7,14-16,18,21H,8-13,17,19H2,1-2H3,(H,43,44). The number of piperidine rings is 1. The SMILES string of the molecule is CC(=O)N1CCc2c(c(-c3cccc4cc(-c5cnn(CC6CCN(c7ccc(C(=O)O)nn7)CC6)c5)ncc34)nn2C)C1. The number of pyridine rings is 1. The Morgan fingerprint density at radius 1 is 1.05 bits per heavy atom. The summed E-state index contributed by atoms with van der Waals surface area (Å²) in [5, 5.41) is 28.6. The number of carbonyl (C=O) groups excluding carboxylic acids is 1. The number of aromatic nitrogens is 7. The van der Waals surface area contributed by atoms with Gasteiger partial charge in [-0.3, -0.25) is 19.1 Å². The van der Waals surface area contributed by atoms with E-state index in [1.165, 1.54) is 11.8 Å². The van der Waals surface area contributed by atoms with Crippen LogP contribution >= 0.6 is 0 Å². The Morgan fingerprint density at radius 2 is 1.89 bits per heavy atom. The predicted octanol–water partition coefficient (Wildman–Crippen LogP) is 3.81. The van der Waals surface area contributed by atoms with Crippen LogP contribution in [0.1, 0.15) is 41.5 Å². The molecular formula is C32H33N9O3. The third kappa shape index (κ3) is 5.16. The number of hydrogen-bond donors (Lipinski definition) is 1. The summed E-state index contributed by atoms with van der Waals surface area (Å²) < 4.78 is 3.95. The number of aryl methyl sites for hydroxylation is 1. The number of rotatable bonds is 6. The lowest BCUT2D eigenvalue weighted by molar-refractivity contribution is -0.129. The van der Waals surface area contributed by atoms with Gasteiger partial charge in [-0.05, 0) is 42.3 Å². The van der Waals surface area contributed by atoms with Gasteiger partial charge in [-0.2, -0.15) is 10.2 Å². The molecule has 1 N–H and O–H groups in total. The van der Waals surface area contributed by atoms with Crippen molar-refractivity contribution in [3.63, 3.8) is 0 Å². The van der Waals surface area contributed by atoms with E-state index in [9.17, 15) is 9.59 Å². The predicted molar refractivity (Wildman–Crippen MR) is 164 cm³/mol. The molecule has 1 aromatic carbocycles. The summed E-state index contributed by atoms with van der Waals surface area (Å²) in [5.41, 5.74) is 6.02. The van der Waals surface area contributed by atoms with Gasteiger partial charge in [0.1, 0.15) is 0 Å². The highest BCUT2D eigenvalue weighted by atomic mass is 16.4. The highest BCUT2D eigenvalue weighted by Crippen LogP contribution is 2.35. The van der Waals surface area contributed by atoms with Crippen molar-refractivity contribution in [2.45, 2.75) is 39.3 Å².